The van der Waals surface area contributed by atoms with Gasteiger partial charge < -0.3 is 5.73 Å². The van der Waals surface area contributed by atoms with Crippen LogP contribution in [0.15, 0.2) is 34.9 Å². The van der Waals surface area contributed by atoms with Crippen molar-refractivity contribution in [1.82, 2.24) is 0 Å². The molecule has 0 bridgehead atoms. The lowest BCUT2D eigenvalue weighted by Crippen LogP contribution is -2.14. The third-order valence-corrected chi connectivity index (χ3v) is 1.94. The Morgan fingerprint density at radius 2 is 2.14 bits per heavy atom. The summed E-state index contributed by atoms with van der Waals surface area (Å²) in [6, 6.07) is 7.55. The Balaban J connectivity index is 2.51. The van der Waals surface area contributed by atoms with Crippen LogP contribution in [0.4, 0.5) is 5.69 Å². The lowest BCUT2D eigenvalue weighted by molar-refractivity contribution is -0.114. The molecule has 1 heterocycles. The number of nitrogens with two attached hydrogens (primary N) is 1. The van der Waals surface area contributed by atoms with Crippen LogP contribution >= 0.6 is 0 Å². The molecule has 4 heteroatoms. The molecule has 0 saturated heterocycles. The number of nitrogens with one attached hydrogen (secondary N) is 1. The van der Waals surface area contributed by atoms with Crippen molar-refractivity contribution in [3.8, 4) is 0 Å². The van der Waals surface area contributed by atoms with Crippen molar-refractivity contribution in [2.24, 2.45) is 10.8 Å². The molecular formula is C10H9N3O. The quantitative estimate of drug-likeness (QED) is 0.687. The minimum Gasteiger partial charge on any atom is -0.366 e. The first kappa shape index (κ1) is 8.50. The average Bonchev–Trinajstić information content (AvgIpc) is 2.39. The minimum atomic E-state index is -0.479. The summed E-state index contributed by atoms with van der Waals surface area (Å²) in [5, 5.41) is 3.87. The lowest BCUT2D eigenvalue weighted by atomic mass is 10.1. The predicted molar refractivity (Wildman–Crippen MR) is 55.7 cm³/mol. The number of carbonyl (C=O) groups excluding carboxylic acids is 1. The van der Waals surface area contributed by atoms with Crippen LogP contribution in [0.2, 0.25) is 0 Å². The van der Waals surface area contributed by atoms with E-state index >= 15 is 0 Å². The number of benzene rings is 1. The zero-order chi connectivity index (χ0) is 9.97. The number of carbonyl (C=O) groups is 1. The Hall–Kier alpha value is -2.10. The number of amides is 1. The van der Waals surface area contributed by atoms with E-state index in [4.69, 9.17) is 5.73 Å². The maximum atomic E-state index is 11.0. The molecule has 0 radical (unpaired) electrons. The van der Waals surface area contributed by atoms with Gasteiger partial charge in [-0.25, -0.2) is 0 Å². The van der Waals surface area contributed by atoms with Crippen molar-refractivity contribution < 1.29 is 4.79 Å². The number of nitrogens with zero attached hydrogens (tertiary/aromatic N) is 1. The molecule has 14 heavy (non-hydrogen) atoms. The van der Waals surface area contributed by atoms with Crippen molar-refractivity contribution in [2.75, 3.05) is 5.43 Å². The van der Waals surface area contributed by atoms with E-state index in [2.05, 4.69) is 10.5 Å². The monoisotopic (exact) mass is 187 g/mol. The molecule has 1 aromatic rings. The molecule has 0 aromatic heterocycles. The summed E-state index contributed by atoms with van der Waals surface area (Å²) in [7, 11) is 0. The first-order valence-corrected chi connectivity index (χ1v) is 4.17. The van der Waals surface area contributed by atoms with Crippen LogP contribution in [0, 0.1) is 0 Å². The molecule has 70 valence electrons. The molecule has 1 aromatic carbocycles. The Morgan fingerprint density at radius 1 is 1.36 bits per heavy atom. The summed E-state index contributed by atoms with van der Waals surface area (Å²) < 4.78 is 0. The van der Waals surface area contributed by atoms with Crippen LogP contribution in [0.25, 0.3) is 6.08 Å². The zero-order valence-corrected chi connectivity index (χ0v) is 7.40. The molecule has 0 spiro atoms. The van der Waals surface area contributed by atoms with E-state index in [1.54, 1.807) is 6.08 Å². The van der Waals surface area contributed by atoms with Gasteiger partial charge in [0.25, 0.3) is 0 Å². The fraction of sp³-hybridized carbons (Fsp3) is 0. The van der Waals surface area contributed by atoms with E-state index in [1.165, 1.54) is 6.21 Å². The second-order valence-electron chi connectivity index (χ2n) is 2.92. The number of para-hydroxylation sites is 1. The second-order valence-corrected chi connectivity index (χ2v) is 2.92. The van der Waals surface area contributed by atoms with Gasteiger partial charge in [-0.05, 0) is 12.1 Å². The molecular weight excluding hydrogens is 178 g/mol. The molecule has 0 saturated carbocycles. The van der Waals surface area contributed by atoms with Gasteiger partial charge in [0.15, 0.2) is 0 Å². The number of fused-ring (bicyclic) bond motifs is 1. The van der Waals surface area contributed by atoms with Crippen molar-refractivity contribution in [1.29, 1.82) is 0 Å². The fourth-order valence-electron chi connectivity index (χ4n) is 1.24. The standard InChI is InChI=1S/C10H9N3O/c11-10(14)8-5-7-3-1-2-4-9(7)13-12-6-8/h1-6,13H,(H2,11,14). The SMILES string of the molecule is NC(=O)C1=Cc2ccccc2NN=C1. The highest BCUT2D eigenvalue weighted by molar-refractivity contribution is 6.16. The fourth-order valence-corrected chi connectivity index (χ4v) is 1.24. The van der Waals surface area contributed by atoms with Crippen LogP contribution in [0.5, 0.6) is 0 Å². The molecule has 0 fully saturated rings. The van der Waals surface area contributed by atoms with E-state index in [0.29, 0.717) is 5.57 Å². The maximum Gasteiger partial charge on any atom is 0.250 e. The molecule has 0 unspecified atom stereocenters. The van der Waals surface area contributed by atoms with E-state index < -0.39 is 5.91 Å². The molecule has 0 aliphatic carbocycles. The molecule has 1 amide bonds. The van der Waals surface area contributed by atoms with Crippen molar-refractivity contribution in [3.05, 3.63) is 35.4 Å². The Bertz CT molecular complexity index is 435. The van der Waals surface area contributed by atoms with Gasteiger partial charge in [-0.1, -0.05) is 18.2 Å². The molecule has 0 atom stereocenters. The number of hydrogen-bond donors (Lipinski definition) is 2. The Morgan fingerprint density at radius 3 is 2.93 bits per heavy atom. The number of anilines is 1. The highest BCUT2D eigenvalue weighted by atomic mass is 16.1. The van der Waals surface area contributed by atoms with Crippen LogP contribution in [0.3, 0.4) is 0 Å². The molecule has 1 aliphatic rings. The molecule has 4 nitrogen and oxygen atoms in total. The van der Waals surface area contributed by atoms with Crippen molar-refractivity contribution >= 4 is 23.9 Å². The summed E-state index contributed by atoms with van der Waals surface area (Å²) >= 11 is 0. The van der Waals surface area contributed by atoms with E-state index in [-0.39, 0.29) is 0 Å². The van der Waals surface area contributed by atoms with Crippen LogP contribution in [-0.4, -0.2) is 12.1 Å². The summed E-state index contributed by atoms with van der Waals surface area (Å²) in [4.78, 5) is 11.0. The number of hydrogen-bond acceptors (Lipinski definition) is 3. The first-order chi connectivity index (χ1) is 6.77. The topological polar surface area (TPSA) is 67.5 Å². The van der Waals surface area contributed by atoms with Gasteiger partial charge in [0, 0.05) is 5.56 Å². The Labute approximate surface area is 81.1 Å². The van der Waals surface area contributed by atoms with Gasteiger partial charge in [-0.15, -0.1) is 0 Å². The minimum absolute atomic E-state index is 0.391. The second kappa shape index (κ2) is 3.33. The summed E-state index contributed by atoms with van der Waals surface area (Å²) in [5.41, 5.74) is 10.1. The van der Waals surface area contributed by atoms with Crippen LogP contribution in [0.1, 0.15) is 5.56 Å². The van der Waals surface area contributed by atoms with Gasteiger partial charge in [-0.3, -0.25) is 10.2 Å². The highest BCUT2D eigenvalue weighted by Crippen LogP contribution is 2.19. The zero-order valence-electron chi connectivity index (χ0n) is 7.40. The normalized spacial score (nSPS) is 13.6. The van der Waals surface area contributed by atoms with E-state index in [9.17, 15) is 4.79 Å². The van der Waals surface area contributed by atoms with Crippen LogP contribution < -0.4 is 11.2 Å². The van der Waals surface area contributed by atoms with Gasteiger partial charge >= 0.3 is 0 Å². The summed E-state index contributed by atoms with van der Waals surface area (Å²) in [6.45, 7) is 0. The van der Waals surface area contributed by atoms with E-state index in [0.717, 1.165) is 11.3 Å². The molecule has 2 rings (SSSR count). The maximum absolute atomic E-state index is 11.0. The average molecular weight is 187 g/mol. The van der Waals surface area contributed by atoms with Gasteiger partial charge in [0.1, 0.15) is 0 Å². The highest BCUT2D eigenvalue weighted by Gasteiger charge is 2.07. The number of primary amides is 1. The van der Waals surface area contributed by atoms with Crippen molar-refractivity contribution in [3.63, 3.8) is 0 Å². The Kier molecular flexibility index (Phi) is 2.02. The number of rotatable bonds is 1. The van der Waals surface area contributed by atoms with Gasteiger partial charge in [0.05, 0.1) is 17.5 Å². The predicted octanol–water partition coefficient (Wildman–Crippen LogP) is 0.967. The summed E-state index contributed by atoms with van der Waals surface area (Å²) in [5.74, 6) is -0.479. The van der Waals surface area contributed by atoms with Gasteiger partial charge in [-0.2, -0.15) is 5.10 Å². The lowest BCUT2D eigenvalue weighted by Gasteiger charge is -2.01. The van der Waals surface area contributed by atoms with Gasteiger partial charge in [0.2, 0.25) is 5.91 Å². The van der Waals surface area contributed by atoms with Crippen molar-refractivity contribution in [2.45, 2.75) is 0 Å². The van der Waals surface area contributed by atoms with E-state index in [1.807, 2.05) is 24.3 Å². The smallest absolute Gasteiger partial charge is 0.250 e. The molecule has 3 N–H and O–H groups in total. The number of hydrazone groups is 1. The first-order valence-electron chi connectivity index (χ1n) is 4.17. The largest absolute Gasteiger partial charge is 0.366 e. The summed E-state index contributed by atoms with van der Waals surface area (Å²) in [6.07, 6.45) is 3.13. The third-order valence-electron chi connectivity index (χ3n) is 1.94. The molecule has 1 aliphatic heterocycles. The van der Waals surface area contributed by atoms with Crippen LogP contribution in [-0.2, 0) is 4.79 Å². The third kappa shape index (κ3) is 1.50.